The third-order valence-corrected chi connectivity index (χ3v) is 8.81. The summed E-state index contributed by atoms with van der Waals surface area (Å²) in [5.74, 6) is 0.371. The van der Waals surface area contributed by atoms with E-state index in [2.05, 4.69) is 98.4 Å². The molecule has 0 radical (unpaired) electrons. The molecule has 0 spiro atoms. The monoisotopic (exact) mass is 526 g/mol. The van der Waals surface area contributed by atoms with Crippen LogP contribution < -0.4 is 4.57 Å². The maximum Gasteiger partial charge on any atom is 0.216 e. The van der Waals surface area contributed by atoms with Gasteiger partial charge in [0.2, 0.25) is 5.69 Å². The van der Waals surface area contributed by atoms with Crippen LogP contribution in [0.3, 0.4) is 0 Å². The molecule has 0 atom stereocenters. The van der Waals surface area contributed by atoms with Gasteiger partial charge in [-0.25, -0.2) is 8.96 Å². The smallest absolute Gasteiger partial charge is 0.216 e. The molecule has 2 nitrogen and oxygen atoms in total. The van der Waals surface area contributed by atoms with E-state index in [-0.39, 0.29) is 5.82 Å². The molecule has 0 amide bonds. The first-order chi connectivity index (χ1) is 19.5. The molecule has 6 aromatic rings. The normalized spacial score (nSPS) is 14.0. The topological polar surface area (TPSA) is 17.0 Å². The van der Waals surface area contributed by atoms with E-state index in [4.69, 9.17) is 4.42 Å². The van der Waals surface area contributed by atoms with Crippen molar-refractivity contribution < 1.29 is 13.4 Å². The van der Waals surface area contributed by atoms with E-state index in [1.807, 2.05) is 12.1 Å². The molecule has 198 valence electrons. The SMILES string of the molecule is Cc1cc(-c2c(C)ccc3c2oc2c(-c4ccc(C5CCCC5)cc4)c(F)ccc23)[n+](C)cc1-c1ccccc1. The molecule has 7 rings (SSSR count). The van der Waals surface area contributed by atoms with Crippen molar-refractivity contribution in [2.24, 2.45) is 7.05 Å². The van der Waals surface area contributed by atoms with E-state index in [0.29, 0.717) is 17.1 Å². The fraction of sp³-hybridized carbons (Fsp3) is 0.216. The van der Waals surface area contributed by atoms with Crippen LogP contribution >= 0.6 is 0 Å². The number of hydrogen-bond acceptors (Lipinski definition) is 1. The van der Waals surface area contributed by atoms with Gasteiger partial charge in [0.05, 0.1) is 11.1 Å². The molecule has 3 heteroatoms. The highest BCUT2D eigenvalue weighted by Gasteiger charge is 2.25. The number of pyridine rings is 1. The van der Waals surface area contributed by atoms with Crippen molar-refractivity contribution in [3.8, 4) is 33.5 Å². The first-order valence-corrected chi connectivity index (χ1v) is 14.3. The third kappa shape index (κ3) is 4.03. The van der Waals surface area contributed by atoms with Gasteiger partial charge in [-0.05, 0) is 72.6 Å². The van der Waals surface area contributed by atoms with Gasteiger partial charge in [-0.1, -0.05) is 79.6 Å². The maximum atomic E-state index is 15.5. The standard InChI is InChI=1S/C37H33FNO/c1-23-13-18-29-30-19-20-32(38)35(28-16-14-26(15-17-28)25-9-7-8-10-25)37(30)40-36(29)34(23)33-21-24(2)31(22-39(33)3)27-11-5-4-6-12-27/h4-6,11-22,25H,7-10H2,1-3H3/q+1. The lowest BCUT2D eigenvalue weighted by molar-refractivity contribution is -0.659. The second-order valence-corrected chi connectivity index (χ2v) is 11.4. The number of furan rings is 1. The van der Waals surface area contributed by atoms with Crippen LogP contribution in [0.15, 0.2) is 95.5 Å². The molecule has 2 heterocycles. The van der Waals surface area contributed by atoms with Gasteiger partial charge in [0, 0.05) is 22.4 Å². The Balaban J connectivity index is 1.40. The Labute approximate surface area is 234 Å². The van der Waals surface area contributed by atoms with Gasteiger partial charge in [0.15, 0.2) is 6.20 Å². The lowest BCUT2D eigenvalue weighted by Crippen LogP contribution is -2.31. The highest BCUT2D eigenvalue weighted by atomic mass is 19.1. The molecule has 40 heavy (non-hydrogen) atoms. The molecule has 0 bridgehead atoms. The lowest BCUT2D eigenvalue weighted by atomic mass is 9.94. The summed E-state index contributed by atoms with van der Waals surface area (Å²) in [7, 11) is 2.08. The summed E-state index contributed by atoms with van der Waals surface area (Å²) in [6.07, 6.45) is 7.29. The number of aryl methyl sites for hydroxylation is 3. The van der Waals surface area contributed by atoms with Crippen LogP contribution in [0.4, 0.5) is 4.39 Å². The number of rotatable bonds is 4. The largest absolute Gasteiger partial charge is 0.454 e. The molecule has 0 unspecified atom stereocenters. The zero-order valence-electron chi connectivity index (χ0n) is 23.3. The van der Waals surface area contributed by atoms with Gasteiger partial charge in [0.1, 0.15) is 24.0 Å². The molecule has 0 N–H and O–H groups in total. The molecule has 0 saturated heterocycles. The highest BCUT2D eigenvalue weighted by molar-refractivity contribution is 6.13. The number of aromatic nitrogens is 1. The molecule has 2 aromatic heterocycles. The van der Waals surface area contributed by atoms with Gasteiger partial charge in [0.25, 0.3) is 0 Å². The second-order valence-electron chi connectivity index (χ2n) is 11.4. The molecule has 1 saturated carbocycles. The third-order valence-electron chi connectivity index (χ3n) is 8.81. The van der Waals surface area contributed by atoms with E-state index in [1.54, 1.807) is 6.07 Å². The van der Waals surface area contributed by atoms with E-state index in [0.717, 1.165) is 38.7 Å². The van der Waals surface area contributed by atoms with Crippen LogP contribution in [0.25, 0.3) is 55.4 Å². The van der Waals surface area contributed by atoms with Crippen LogP contribution in [0.5, 0.6) is 0 Å². The number of hydrogen-bond donors (Lipinski definition) is 0. The Morgan fingerprint density at radius 1 is 0.725 bits per heavy atom. The summed E-state index contributed by atoms with van der Waals surface area (Å²) in [5, 5.41) is 1.94. The van der Waals surface area contributed by atoms with Gasteiger partial charge < -0.3 is 4.42 Å². The van der Waals surface area contributed by atoms with Crippen LogP contribution in [-0.4, -0.2) is 0 Å². The quantitative estimate of drug-likeness (QED) is 0.209. The summed E-state index contributed by atoms with van der Waals surface area (Å²) < 4.78 is 24.3. The number of nitrogens with zero attached hydrogens (tertiary/aromatic N) is 1. The Bertz CT molecular complexity index is 1880. The first kappa shape index (κ1) is 24.8. The van der Waals surface area contributed by atoms with Crippen molar-refractivity contribution in [1.29, 1.82) is 0 Å². The van der Waals surface area contributed by atoms with Gasteiger partial charge in [-0.3, -0.25) is 0 Å². The Kier molecular flexibility index (Phi) is 6.04. The van der Waals surface area contributed by atoms with Crippen molar-refractivity contribution in [1.82, 2.24) is 0 Å². The van der Waals surface area contributed by atoms with Crippen LogP contribution in [-0.2, 0) is 7.05 Å². The van der Waals surface area contributed by atoms with Gasteiger partial charge in [-0.2, -0.15) is 0 Å². The van der Waals surface area contributed by atoms with Crippen molar-refractivity contribution in [2.75, 3.05) is 0 Å². The zero-order valence-corrected chi connectivity index (χ0v) is 23.3. The second kappa shape index (κ2) is 9.75. The summed E-state index contributed by atoms with van der Waals surface area (Å²) in [6, 6.07) is 28.9. The molecular formula is C37H33FNO+. The van der Waals surface area contributed by atoms with E-state index in [1.165, 1.54) is 47.9 Å². The average molecular weight is 527 g/mol. The first-order valence-electron chi connectivity index (χ1n) is 14.3. The minimum absolute atomic E-state index is 0.257. The van der Waals surface area contributed by atoms with Crippen molar-refractivity contribution in [3.05, 3.63) is 114 Å². The van der Waals surface area contributed by atoms with Crippen LogP contribution in [0.1, 0.15) is 48.3 Å². The fourth-order valence-corrected chi connectivity index (χ4v) is 6.66. The van der Waals surface area contributed by atoms with Crippen LogP contribution in [0, 0.1) is 19.7 Å². The minimum Gasteiger partial charge on any atom is -0.454 e. The molecule has 4 aromatic carbocycles. The minimum atomic E-state index is -0.257. The highest BCUT2D eigenvalue weighted by Crippen LogP contribution is 2.42. The molecular weight excluding hydrogens is 493 g/mol. The number of fused-ring (bicyclic) bond motifs is 3. The Hall–Kier alpha value is -4.24. The molecule has 1 aliphatic rings. The maximum absolute atomic E-state index is 15.5. The van der Waals surface area contributed by atoms with Crippen molar-refractivity contribution in [3.63, 3.8) is 0 Å². The number of benzene rings is 4. The summed E-state index contributed by atoms with van der Waals surface area (Å²) in [6.45, 7) is 4.27. The predicted molar refractivity (Wildman–Crippen MR) is 162 cm³/mol. The average Bonchev–Trinajstić information content (AvgIpc) is 3.63. The van der Waals surface area contributed by atoms with Crippen LogP contribution in [0.2, 0.25) is 0 Å². The zero-order chi connectivity index (χ0) is 27.4. The van der Waals surface area contributed by atoms with E-state index >= 15 is 4.39 Å². The summed E-state index contributed by atoms with van der Waals surface area (Å²) in [5.41, 5.74) is 11.0. The van der Waals surface area contributed by atoms with Gasteiger partial charge in [-0.15, -0.1) is 0 Å². The Morgan fingerprint density at radius 2 is 1.40 bits per heavy atom. The molecule has 0 aliphatic heterocycles. The number of halogens is 1. The Morgan fingerprint density at radius 3 is 2.12 bits per heavy atom. The predicted octanol–water partition coefficient (Wildman–Crippen LogP) is 9.83. The van der Waals surface area contributed by atoms with E-state index < -0.39 is 0 Å². The summed E-state index contributed by atoms with van der Waals surface area (Å²) >= 11 is 0. The van der Waals surface area contributed by atoms with Crippen molar-refractivity contribution >= 4 is 21.9 Å². The van der Waals surface area contributed by atoms with Gasteiger partial charge >= 0.3 is 0 Å². The van der Waals surface area contributed by atoms with Crippen molar-refractivity contribution in [2.45, 2.75) is 45.4 Å². The lowest BCUT2D eigenvalue weighted by Gasteiger charge is -2.11. The summed E-state index contributed by atoms with van der Waals surface area (Å²) in [4.78, 5) is 0. The van der Waals surface area contributed by atoms with E-state index in [9.17, 15) is 0 Å². The molecule has 1 fully saturated rings. The fourth-order valence-electron chi connectivity index (χ4n) is 6.66. The molecule has 1 aliphatic carbocycles.